The van der Waals surface area contributed by atoms with Gasteiger partial charge in [-0.1, -0.05) is 12.1 Å². The van der Waals surface area contributed by atoms with Crippen molar-refractivity contribution >= 4 is 23.1 Å². The van der Waals surface area contributed by atoms with E-state index in [1.54, 1.807) is 0 Å². The number of primary amides is 1. The van der Waals surface area contributed by atoms with Crippen LogP contribution in [-0.4, -0.2) is 45.7 Å². The third kappa shape index (κ3) is 4.46. The van der Waals surface area contributed by atoms with Crippen molar-refractivity contribution in [2.75, 3.05) is 25.0 Å². The van der Waals surface area contributed by atoms with E-state index in [1.165, 1.54) is 5.56 Å². The Labute approximate surface area is 169 Å². The van der Waals surface area contributed by atoms with Gasteiger partial charge in [0.25, 0.3) is 0 Å². The highest BCUT2D eigenvalue weighted by atomic mass is 16.2. The number of pyridine rings is 1. The molecule has 2 amide bonds. The number of aromatic nitrogens is 2. The van der Waals surface area contributed by atoms with Crippen LogP contribution in [0.4, 0.5) is 5.69 Å². The molecule has 1 aliphatic heterocycles. The molecule has 3 heterocycles. The van der Waals surface area contributed by atoms with E-state index < -0.39 is 0 Å². The number of hydrogen-bond acceptors (Lipinski definition) is 4. The maximum absolute atomic E-state index is 12.6. The first-order valence-electron chi connectivity index (χ1n) is 9.85. The molecule has 1 aromatic carbocycles. The number of fused-ring (bicyclic) bond motifs is 1. The predicted molar refractivity (Wildman–Crippen MR) is 112 cm³/mol. The highest BCUT2D eigenvalue weighted by Gasteiger charge is 2.26. The first-order valence-corrected chi connectivity index (χ1v) is 9.85. The quantitative estimate of drug-likeness (QED) is 0.699. The van der Waals surface area contributed by atoms with Crippen LogP contribution in [0.1, 0.15) is 18.4 Å². The maximum Gasteiger partial charge on any atom is 0.231 e. The number of imidazole rings is 1. The standard InChI is InChI=1S/C22H25N5O2/c1-15-8-10-27-13-19(25-21(27)11-15)16-4-6-18(7-5-16)24-22(29)17-3-2-9-26(12-17)14-20(23)28/h4-8,10-11,13,17H,2-3,9,12,14H2,1H3,(H2,23,28)(H,24,29). The summed E-state index contributed by atoms with van der Waals surface area (Å²) in [5.41, 5.74) is 10.00. The van der Waals surface area contributed by atoms with Gasteiger partial charge in [0.1, 0.15) is 5.65 Å². The smallest absolute Gasteiger partial charge is 0.231 e. The van der Waals surface area contributed by atoms with E-state index >= 15 is 0 Å². The molecule has 7 nitrogen and oxygen atoms in total. The highest BCUT2D eigenvalue weighted by molar-refractivity contribution is 5.93. The fourth-order valence-electron chi connectivity index (χ4n) is 3.82. The lowest BCUT2D eigenvalue weighted by Crippen LogP contribution is -2.44. The molecule has 1 fully saturated rings. The molecule has 1 atom stereocenters. The normalized spacial score (nSPS) is 17.3. The molecule has 29 heavy (non-hydrogen) atoms. The summed E-state index contributed by atoms with van der Waals surface area (Å²) >= 11 is 0. The Hall–Kier alpha value is -3.19. The summed E-state index contributed by atoms with van der Waals surface area (Å²) in [5, 5.41) is 2.99. The Balaban J connectivity index is 1.42. The molecular weight excluding hydrogens is 366 g/mol. The second-order valence-electron chi connectivity index (χ2n) is 7.70. The molecule has 150 valence electrons. The van der Waals surface area contributed by atoms with Gasteiger partial charge >= 0.3 is 0 Å². The number of carbonyl (C=O) groups excluding carboxylic acids is 2. The third-order valence-electron chi connectivity index (χ3n) is 5.32. The van der Waals surface area contributed by atoms with Crippen molar-refractivity contribution in [2.45, 2.75) is 19.8 Å². The number of amides is 2. The van der Waals surface area contributed by atoms with Crippen molar-refractivity contribution in [1.82, 2.24) is 14.3 Å². The van der Waals surface area contributed by atoms with E-state index in [1.807, 2.05) is 65.0 Å². The number of nitrogens with one attached hydrogen (secondary N) is 1. The number of nitrogens with two attached hydrogens (primary N) is 1. The van der Waals surface area contributed by atoms with Gasteiger partial charge in [0.2, 0.25) is 11.8 Å². The zero-order valence-corrected chi connectivity index (χ0v) is 16.5. The number of likely N-dealkylation sites (tertiary alicyclic amines) is 1. The van der Waals surface area contributed by atoms with Gasteiger partial charge in [0.05, 0.1) is 18.2 Å². The molecular formula is C22H25N5O2. The van der Waals surface area contributed by atoms with Gasteiger partial charge < -0.3 is 15.5 Å². The average Bonchev–Trinajstić information content (AvgIpc) is 3.11. The lowest BCUT2D eigenvalue weighted by Gasteiger charge is -2.30. The molecule has 0 aliphatic carbocycles. The molecule has 0 saturated carbocycles. The molecule has 1 saturated heterocycles. The summed E-state index contributed by atoms with van der Waals surface area (Å²) in [7, 11) is 0. The SMILES string of the molecule is Cc1ccn2cc(-c3ccc(NC(=O)C4CCCN(CC(N)=O)C4)cc3)nc2c1. The number of hydrogen-bond donors (Lipinski definition) is 2. The molecule has 3 aromatic rings. The third-order valence-corrected chi connectivity index (χ3v) is 5.32. The van der Waals surface area contributed by atoms with Crippen molar-refractivity contribution in [3.05, 3.63) is 54.4 Å². The van der Waals surface area contributed by atoms with Gasteiger partial charge in [-0.05, 0) is 56.1 Å². The number of carbonyl (C=O) groups is 2. The second kappa shape index (κ2) is 8.05. The first kappa shape index (κ1) is 19.1. The van der Waals surface area contributed by atoms with E-state index in [0.29, 0.717) is 6.54 Å². The van der Waals surface area contributed by atoms with Gasteiger partial charge in [0, 0.05) is 30.2 Å². The minimum Gasteiger partial charge on any atom is -0.369 e. The summed E-state index contributed by atoms with van der Waals surface area (Å²) in [6.07, 6.45) is 5.71. The highest BCUT2D eigenvalue weighted by Crippen LogP contribution is 2.23. The zero-order chi connectivity index (χ0) is 20.4. The van der Waals surface area contributed by atoms with E-state index in [-0.39, 0.29) is 24.3 Å². The fourth-order valence-corrected chi connectivity index (χ4v) is 3.82. The molecule has 1 aliphatic rings. The molecule has 3 N–H and O–H groups in total. The summed E-state index contributed by atoms with van der Waals surface area (Å²) in [5.74, 6) is -0.511. The number of benzene rings is 1. The minimum atomic E-state index is -0.358. The van der Waals surface area contributed by atoms with Crippen molar-refractivity contribution in [1.29, 1.82) is 0 Å². The van der Waals surface area contributed by atoms with Crippen LogP contribution in [0.5, 0.6) is 0 Å². The Bertz CT molecular complexity index is 1040. The molecule has 1 unspecified atom stereocenters. The predicted octanol–water partition coefficient (Wildman–Crippen LogP) is 2.45. The van der Waals surface area contributed by atoms with E-state index in [9.17, 15) is 9.59 Å². The van der Waals surface area contributed by atoms with Crippen LogP contribution in [-0.2, 0) is 9.59 Å². The molecule has 2 aromatic heterocycles. The van der Waals surface area contributed by atoms with E-state index in [2.05, 4.69) is 10.3 Å². The molecule has 4 rings (SSSR count). The monoisotopic (exact) mass is 391 g/mol. The number of anilines is 1. The fraction of sp³-hybridized carbons (Fsp3) is 0.318. The Kier molecular flexibility index (Phi) is 5.31. The Morgan fingerprint density at radius 2 is 2.03 bits per heavy atom. The van der Waals surface area contributed by atoms with Crippen molar-refractivity contribution < 1.29 is 9.59 Å². The lowest BCUT2D eigenvalue weighted by atomic mass is 9.97. The molecule has 7 heteroatoms. The van der Waals surface area contributed by atoms with Crippen LogP contribution in [0.3, 0.4) is 0 Å². The summed E-state index contributed by atoms with van der Waals surface area (Å²) in [6, 6.07) is 11.8. The summed E-state index contributed by atoms with van der Waals surface area (Å²) < 4.78 is 2.00. The van der Waals surface area contributed by atoms with Gasteiger partial charge in [-0.2, -0.15) is 0 Å². The first-order chi connectivity index (χ1) is 14.0. The largest absolute Gasteiger partial charge is 0.369 e. The summed E-state index contributed by atoms with van der Waals surface area (Å²) in [4.78, 5) is 30.4. The van der Waals surface area contributed by atoms with Gasteiger partial charge in [-0.25, -0.2) is 4.98 Å². The molecule has 0 bridgehead atoms. The van der Waals surface area contributed by atoms with Crippen LogP contribution in [0.15, 0.2) is 48.8 Å². The van der Waals surface area contributed by atoms with Gasteiger partial charge in [-0.3, -0.25) is 14.5 Å². The minimum absolute atomic E-state index is 0.0184. The Morgan fingerprint density at radius 1 is 1.24 bits per heavy atom. The van der Waals surface area contributed by atoms with E-state index in [0.717, 1.165) is 42.0 Å². The van der Waals surface area contributed by atoms with Crippen LogP contribution in [0, 0.1) is 12.8 Å². The lowest BCUT2D eigenvalue weighted by molar-refractivity contribution is -0.124. The molecule has 0 spiro atoms. The van der Waals surface area contributed by atoms with Gasteiger partial charge in [0.15, 0.2) is 0 Å². The van der Waals surface area contributed by atoms with Crippen molar-refractivity contribution in [3.8, 4) is 11.3 Å². The van der Waals surface area contributed by atoms with Crippen molar-refractivity contribution in [3.63, 3.8) is 0 Å². The average molecular weight is 391 g/mol. The van der Waals surface area contributed by atoms with Crippen LogP contribution in [0.2, 0.25) is 0 Å². The van der Waals surface area contributed by atoms with Crippen LogP contribution >= 0.6 is 0 Å². The maximum atomic E-state index is 12.6. The topological polar surface area (TPSA) is 92.7 Å². The molecule has 0 radical (unpaired) electrons. The van der Waals surface area contributed by atoms with Gasteiger partial charge in [-0.15, -0.1) is 0 Å². The van der Waals surface area contributed by atoms with Crippen LogP contribution < -0.4 is 11.1 Å². The zero-order valence-electron chi connectivity index (χ0n) is 16.5. The second-order valence-corrected chi connectivity index (χ2v) is 7.70. The number of rotatable bonds is 5. The number of nitrogens with zero attached hydrogens (tertiary/aromatic N) is 3. The van der Waals surface area contributed by atoms with Crippen LogP contribution in [0.25, 0.3) is 16.9 Å². The number of aryl methyl sites for hydroxylation is 1. The van der Waals surface area contributed by atoms with Crippen molar-refractivity contribution in [2.24, 2.45) is 11.7 Å². The van der Waals surface area contributed by atoms with E-state index in [4.69, 9.17) is 5.73 Å². The number of piperidine rings is 1. The summed E-state index contributed by atoms with van der Waals surface area (Å²) in [6.45, 7) is 3.62. The Morgan fingerprint density at radius 3 is 2.79 bits per heavy atom.